The van der Waals surface area contributed by atoms with Crippen LogP contribution in [0.4, 0.5) is 0 Å². The number of primary amides is 1. The molecule has 0 saturated carbocycles. The quantitative estimate of drug-likeness (QED) is 0.669. The summed E-state index contributed by atoms with van der Waals surface area (Å²) in [6.45, 7) is 4.03. The molecule has 0 unspecified atom stereocenters. The highest BCUT2D eigenvalue weighted by molar-refractivity contribution is 6.06. The summed E-state index contributed by atoms with van der Waals surface area (Å²) in [5.74, 6) is -1.13. The summed E-state index contributed by atoms with van der Waals surface area (Å²) in [6.07, 6.45) is 1.55. The van der Waals surface area contributed by atoms with Crippen LogP contribution in [-0.4, -0.2) is 18.0 Å². The first kappa shape index (κ1) is 15.4. The van der Waals surface area contributed by atoms with Crippen molar-refractivity contribution in [2.45, 2.75) is 13.8 Å². The number of aryl methyl sites for hydroxylation is 2. The maximum absolute atomic E-state index is 12.0. The Hall–Kier alpha value is -2.95. The smallest absolute Gasteiger partial charge is 0.272 e. The SMILES string of the molecule is Cc1ccc(C=NNC(=O)c2ccccc2C(N)=O)cc1C. The molecular weight excluding hydrogens is 278 g/mol. The number of nitrogens with zero attached hydrogens (tertiary/aromatic N) is 1. The summed E-state index contributed by atoms with van der Waals surface area (Å²) in [5.41, 5.74) is 11.2. The molecule has 2 amide bonds. The molecule has 0 saturated heterocycles. The standard InChI is InChI=1S/C17H17N3O2/c1-11-7-8-13(9-12(11)2)10-19-20-17(22)15-6-4-3-5-14(15)16(18)21/h3-10H,1-2H3,(H2,18,21)(H,20,22). The van der Waals surface area contributed by atoms with Crippen LogP contribution >= 0.6 is 0 Å². The van der Waals surface area contributed by atoms with Crippen molar-refractivity contribution in [3.8, 4) is 0 Å². The maximum Gasteiger partial charge on any atom is 0.272 e. The molecule has 0 atom stereocenters. The molecule has 5 heteroatoms. The van der Waals surface area contributed by atoms with Gasteiger partial charge in [0.25, 0.3) is 5.91 Å². The van der Waals surface area contributed by atoms with E-state index in [0.717, 1.165) is 11.1 Å². The number of nitrogens with one attached hydrogen (secondary N) is 1. The number of benzene rings is 2. The second-order valence-electron chi connectivity index (χ2n) is 4.95. The fourth-order valence-corrected chi connectivity index (χ4v) is 1.97. The predicted molar refractivity (Wildman–Crippen MR) is 85.9 cm³/mol. The molecule has 22 heavy (non-hydrogen) atoms. The van der Waals surface area contributed by atoms with Gasteiger partial charge in [-0.2, -0.15) is 5.10 Å². The van der Waals surface area contributed by atoms with Crippen LogP contribution < -0.4 is 11.2 Å². The first-order chi connectivity index (χ1) is 10.5. The van der Waals surface area contributed by atoms with Gasteiger partial charge in [-0.1, -0.05) is 30.3 Å². The predicted octanol–water partition coefficient (Wildman–Crippen LogP) is 2.17. The van der Waals surface area contributed by atoms with Gasteiger partial charge in [0.15, 0.2) is 0 Å². The Morgan fingerprint density at radius 3 is 2.36 bits per heavy atom. The Bertz CT molecular complexity index is 751. The minimum absolute atomic E-state index is 0.168. The topological polar surface area (TPSA) is 84.6 Å². The molecule has 2 rings (SSSR count). The molecule has 5 nitrogen and oxygen atoms in total. The van der Waals surface area contributed by atoms with Crippen molar-refractivity contribution in [3.05, 3.63) is 70.3 Å². The first-order valence-electron chi connectivity index (χ1n) is 6.78. The lowest BCUT2D eigenvalue weighted by Crippen LogP contribution is -2.23. The number of carbonyl (C=O) groups is 2. The van der Waals surface area contributed by atoms with Crippen molar-refractivity contribution in [1.29, 1.82) is 0 Å². The van der Waals surface area contributed by atoms with Crippen molar-refractivity contribution in [2.24, 2.45) is 10.8 Å². The van der Waals surface area contributed by atoms with Crippen LogP contribution in [0.5, 0.6) is 0 Å². The van der Waals surface area contributed by atoms with E-state index in [0.29, 0.717) is 0 Å². The van der Waals surface area contributed by atoms with Crippen LogP contribution in [0.1, 0.15) is 37.4 Å². The van der Waals surface area contributed by atoms with Gasteiger partial charge in [-0.05, 0) is 42.7 Å². The number of amides is 2. The fourth-order valence-electron chi connectivity index (χ4n) is 1.97. The lowest BCUT2D eigenvalue weighted by atomic mass is 10.1. The average molecular weight is 295 g/mol. The zero-order valence-corrected chi connectivity index (χ0v) is 12.5. The molecule has 0 aliphatic heterocycles. The highest BCUT2D eigenvalue weighted by atomic mass is 16.2. The molecule has 3 N–H and O–H groups in total. The Morgan fingerprint density at radius 1 is 1.05 bits per heavy atom. The second-order valence-corrected chi connectivity index (χ2v) is 4.95. The molecule has 0 aliphatic carbocycles. The molecule has 2 aromatic carbocycles. The number of nitrogens with two attached hydrogens (primary N) is 1. The van der Waals surface area contributed by atoms with Gasteiger partial charge in [0.05, 0.1) is 17.3 Å². The van der Waals surface area contributed by atoms with Gasteiger partial charge in [-0.15, -0.1) is 0 Å². The van der Waals surface area contributed by atoms with Gasteiger partial charge in [-0.3, -0.25) is 9.59 Å². The molecule has 2 aromatic rings. The lowest BCUT2D eigenvalue weighted by Gasteiger charge is -2.04. The zero-order valence-electron chi connectivity index (χ0n) is 12.5. The maximum atomic E-state index is 12.0. The van der Waals surface area contributed by atoms with E-state index in [4.69, 9.17) is 5.73 Å². The first-order valence-corrected chi connectivity index (χ1v) is 6.78. The van der Waals surface area contributed by atoms with Gasteiger partial charge < -0.3 is 5.73 Å². The summed E-state index contributed by atoms with van der Waals surface area (Å²) in [6, 6.07) is 12.2. The van der Waals surface area contributed by atoms with E-state index in [9.17, 15) is 9.59 Å². The highest BCUT2D eigenvalue weighted by Crippen LogP contribution is 2.09. The monoisotopic (exact) mass is 295 g/mol. The highest BCUT2D eigenvalue weighted by Gasteiger charge is 2.13. The van der Waals surface area contributed by atoms with Gasteiger partial charge in [0, 0.05) is 0 Å². The molecule has 112 valence electrons. The van der Waals surface area contributed by atoms with Crippen molar-refractivity contribution in [2.75, 3.05) is 0 Å². The largest absolute Gasteiger partial charge is 0.366 e. The molecule has 0 aromatic heterocycles. The van der Waals surface area contributed by atoms with E-state index in [1.165, 1.54) is 17.7 Å². The van der Waals surface area contributed by atoms with Gasteiger partial charge in [-0.25, -0.2) is 5.43 Å². The van der Waals surface area contributed by atoms with Crippen LogP contribution in [0.25, 0.3) is 0 Å². The third-order valence-electron chi connectivity index (χ3n) is 3.35. The fraction of sp³-hybridized carbons (Fsp3) is 0.118. The van der Waals surface area contributed by atoms with E-state index in [1.54, 1.807) is 18.3 Å². The molecule has 0 aliphatic rings. The Kier molecular flexibility index (Phi) is 4.68. The van der Waals surface area contributed by atoms with Crippen molar-refractivity contribution < 1.29 is 9.59 Å². The zero-order chi connectivity index (χ0) is 16.1. The Balaban J connectivity index is 2.11. The number of hydrogen-bond acceptors (Lipinski definition) is 3. The normalized spacial score (nSPS) is 10.6. The molecular formula is C17H17N3O2. The van der Waals surface area contributed by atoms with Crippen LogP contribution in [0.15, 0.2) is 47.6 Å². The van der Waals surface area contributed by atoms with Crippen LogP contribution in [0.2, 0.25) is 0 Å². The molecule has 0 radical (unpaired) electrons. The molecule has 0 spiro atoms. The molecule has 0 fully saturated rings. The lowest BCUT2D eigenvalue weighted by molar-refractivity contribution is 0.0937. The van der Waals surface area contributed by atoms with Crippen LogP contribution in [-0.2, 0) is 0 Å². The van der Waals surface area contributed by atoms with E-state index in [2.05, 4.69) is 10.5 Å². The van der Waals surface area contributed by atoms with Gasteiger partial charge >= 0.3 is 0 Å². The number of hydrazone groups is 1. The van der Waals surface area contributed by atoms with Gasteiger partial charge in [0.2, 0.25) is 5.91 Å². The van der Waals surface area contributed by atoms with E-state index < -0.39 is 11.8 Å². The third kappa shape index (κ3) is 3.58. The number of rotatable bonds is 4. The summed E-state index contributed by atoms with van der Waals surface area (Å²) < 4.78 is 0. The third-order valence-corrected chi connectivity index (χ3v) is 3.35. The van der Waals surface area contributed by atoms with Crippen molar-refractivity contribution in [1.82, 2.24) is 5.43 Å². The molecule has 0 heterocycles. The Morgan fingerprint density at radius 2 is 1.73 bits per heavy atom. The van der Waals surface area contributed by atoms with Crippen LogP contribution in [0.3, 0.4) is 0 Å². The van der Waals surface area contributed by atoms with Crippen molar-refractivity contribution >= 4 is 18.0 Å². The van der Waals surface area contributed by atoms with Crippen molar-refractivity contribution in [3.63, 3.8) is 0 Å². The van der Waals surface area contributed by atoms with E-state index >= 15 is 0 Å². The summed E-state index contributed by atoms with van der Waals surface area (Å²) in [5, 5.41) is 3.91. The van der Waals surface area contributed by atoms with E-state index in [1.807, 2.05) is 32.0 Å². The summed E-state index contributed by atoms with van der Waals surface area (Å²) in [4.78, 5) is 23.3. The second kappa shape index (κ2) is 6.67. The van der Waals surface area contributed by atoms with E-state index in [-0.39, 0.29) is 11.1 Å². The van der Waals surface area contributed by atoms with Gasteiger partial charge in [0.1, 0.15) is 0 Å². The minimum atomic E-state index is -0.649. The Labute approximate surface area is 128 Å². The van der Waals surface area contributed by atoms with Crippen LogP contribution in [0, 0.1) is 13.8 Å². The summed E-state index contributed by atoms with van der Waals surface area (Å²) in [7, 11) is 0. The number of hydrogen-bond donors (Lipinski definition) is 2. The summed E-state index contributed by atoms with van der Waals surface area (Å²) >= 11 is 0. The molecule has 0 bridgehead atoms. The average Bonchev–Trinajstić information content (AvgIpc) is 2.50. The minimum Gasteiger partial charge on any atom is -0.366 e. The number of carbonyl (C=O) groups excluding carboxylic acids is 2.